The van der Waals surface area contributed by atoms with E-state index in [4.69, 9.17) is 4.74 Å². The molecule has 1 aromatic heterocycles. The zero-order chi connectivity index (χ0) is 17.9. The number of ether oxygens (including phenoxy) is 1. The zero-order valence-corrected chi connectivity index (χ0v) is 14.7. The fourth-order valence-electron chi connectivity index (χ4n) is 3.55. The summed E-state index contributed by atoms with van der Waals surface area (Å²) in [7, 11) is 1.66. The minimum absolute atomic E-state index is 0.0419. The maximum Gasteiger partial charge on any atom is 0.226 e. The van der Waals surface area contributed by atoms with Crippen LogP contribution < -0.4 is 10.1 Å². The Morgan fingerprint density at radius 3 is 2.73 bits per heavy atom. The van der Waals surface area contributed by atoms with Crippen molar-refractivity contribution in [3.05, 3.63) is 77.5 Å². The van der Waals surface area contributed by atoms with Crippen LogP contribution in [0.3, 0.4) is 0 Å². The number of nitrogens with zero attached hydrogens (tertiary/aromatic N) is 2. The Kier molecular flexibility index (Phi) is 4.44. The Labute approximate surface area is 152 Å². The van der Waals surface area contributed by atoms with Crippen LogP contribution in [0.5, 0.6) is 5.75 Å². The van der Waals surface area contributed by atoms with Gasteiger partial charge in [-0.05, 0) is 18.1 Å². The van der Waals surface area contributed by atoms with E-state index in [2.05, 4.69) is 22.5 Å². The van der Waals surface area contributed by atoms with Crippen molar-refractivity contribution in [1.82, 2.24) is 9.78 Å². The maximum absolute atomic E-state index is 12.3. The van der Waals surface area contributed by atoms with E-state index in [0.29, 0.717) is 13.0 Å². The smallest absolute Gasteiger partial charge is 0.226 e. The number of anilines is 1. The van der Waals surface area contributed by atoms with Crippen LogP contribution in [0.4, 0.5) is 5.82 Å². The highest BCUT2D eigenvalue weighted by atomic mass is 16.5. The van der Waals surface area contributed by atoms with E-state index in [9.17, 15) is 4.79 Å². The van der Waals surface area contributed by atoms with Crippen molar-refractivity contribution in [2.75, 3.05) is 12.4 Å². The average Bonchev–Trinajstić information content (AvgIpc) is 3.06. The van der Waals surface area contributed by atoms with E-state index in [1.165, 1.54) is 5.56 Å². The predicted molar refractivity (Wildman–Crippen MR) is 100 cm³/mol. The molecule has 1 aliphatic heterocycles. The lowest BCUT2D eigenvalue weighted by Crippen LogP contribution is -2.25. The van der Waals surface area contributed by atoms with Crippen molar-refractivity contribution in [1.29, 1.82) is 0 Å². The largest absolute Gasteiger partial charge is 0.496 e. The van der Waals surface area contributed by atoms with Crippen molar-refractivity contribution < 1.29 is 9.53 Å². The molecule has 1 atom stereocenters. The van der Waals surface area contributed by atoms with Crippen molar-refractivity contribution >= 4 is 11.7 Å². The number of carbonyl (C=O) groups excluding carboxylic acids is 1. The van der Waals surface area contributed by atoms with E-state index in [0.717, 1.165) is 29.1 Å². The first-order valence-electron chi connectivity index (χ1n) is 8.76. The molecule has 2 heterocycles. The Bertz CT molecular complexity index is 918. The van der Waals surface area contributed by atoms with Crippen LogP contribution in [0.25, 0.3) is 0 Å². The molecule has 1 aliphatic rings. The monoisotopic (exact) mass is 347 g/mol. The van der Waals surface area contributed by atoms with Gasteiger partial charge in [0.05, 0.1) is 19.9 Å². The van der Waals surface area contributed by atoms with Crippen LogP contribution in [-0.2, 0) is 17.8 Å². The van der Waals surface area contributed by atoms with E-state index in [1.54, 1.807) is 7.11 Å². The number of rotatable bonds is 5. The lowest BCUT2D eigenvalue weighted by Gasteiger charge is -2.23. The molecule has 1 amide bonds. The number of nitrogens with one attached hydrogen (secondary N) is 1. The fraction of sp³-hybridized carbons (Fsp3) is 0.238. The molecular formula is C21H21N3O2. The van der Waals surface area contributed by atoms with Gasteiger partial charge in [-0.15, -0.1) is 0 Å². The van der Waals surface area contributed by atoms with E-state index < -0.39 is 0 Å². The topological polar surface area (TPSA) is 56.1 Å². The number of benzene rings is 2. The third-order valence-electron chi connectivity index (χ3n) is 4.83. The molecule has 0 bridgehead atoms. The van der Waals surface area contributed by atoms with Crippen molar-refractivity contribution in [2.24, 2.45) is 0 Å². The molecular weight excluding hydrogens is 326 g/mol. The average molecular weight is 347 g/mol. The molecule has 0 radical (unpaired) electrons. The zero-order valence-electron chi connectivity index (χ0n) is 14.7. The summed E-state index contributed by atoms with van der Waals surface area (Å²) in [6, 6.07) is 18.1. The number of carbonyl (C=O) groups is 1. The second kappa shape index (κ2) is 7.04. The van der Waals surface area contributed by atoms with Crippen LogP contribution in [0.2, 0.25) is 0 Å². The van der Waals surface area contributed by atoms with Gasteiger partial charge >= 0.3 is 0 Å². The molecule has 0 saturated carbocycles. The number of aromatic nitrogens is 2. The fourth-order valence-corrected chi connectivity index (χ4v) is 3.55. The van der Waals surface area contributed by atoms with Gasteiger partial charge in [0.15, 0.2) is 0 Å². The predicted octanol–water partition coefficient (Wildman–Crippen LogP) is 3.61. The quantitative estimate of drug-likeness (QED) is 0.767. The van der Waals surface area contributed by atoms with E-state index in [-0.39, 0.29) is 11.8 Å². The number of methoxy groups -OCH3 is 1. The first-order valence-corrected chi connectivity index (χ1v) is 8.76. The van der Waals surface area contributed by atoms with Crippen molar-refractivity contribution in [3.8, 4) is 5.75 Å². The lowest BCUT2D eigenvalue weighted by atomic mass is 9.88. The lowest BCUT2D eigenvalue weighted by molar-refractivity contribution is -0.116. The normalized spacial score (nSPS) is 16.0. The SMILES string of the molecule is COc1ccccc1Cn1ncc2c1NC(=O)C[C@@H]2Cc1ccccc1. The van der Waals surface area contributed by atoms with Gasteiger partial charge in [-0.2, -0.15) is 5.10 Å². The maximum atomic E-state index is 12.3. The van der Waals surface area contributed by atoms with Crippen LogP contribution in [0.15, 0.2) is 60.8 Å². The van der Waals surface area contributed by atoms with Crippen LogP contribution in [-0.4, -0.2) is 22.8 Å². The third-order valence-corrected chi connectivity index (χ3v) is 4.83. The first-order chi connectivity index (χ1) is 12.7. The summed E-state index contributed by atoms with van der Waals surface area (Å²) >= 11 is 0. The minimum Gasteiger partial charge on any atom is -0.496 e. The molecule has 3 aromatic rings. The molecule has 5 heteroatoms. The minimum atomic E-state index is 0.0419. The Balaban J connectivity index is 1.63. The summed E-state index contributed by atoms with van der Waals surface area (Å²) in [5.74, 6) is 1.81. The van der Waals surface area contributed by atoms with Gasteiger partial charge in [-0.3, -0.25) is 4.79 Å². The highest BCUT2D eigenvalue weighted by molar-refractivity contribution is 5.93. The van der Waals surface area contributed by atoms with Crippen LogP contribution in [0.1, 0.15) is 29.0 Å². The molecule has 5 nitrogen and oxygen atoms in total. The molecule has 0 fully saturated rings. The van der Waals surface area contributed by atoms with Gasteiger partial charge in [0.1, 0.15) is 11.6 Å². The standard InChI is InChI=1S/C21H21N3O2/c1-26-19-10-6-5-9-16(19)14-24-21-18(13-22-24)17(12-20(25)23-21)11-15-7-3-2-4-8-15/h2-10,13,17H,11-12,14H2,1H3,(H,23,25)/t17-/m0/s1. The Morgan fingerprint density at radius 2 is 1.92 bits per heavy atom. The molecule has 4 rings (SSSR count). The van der Waals surface area contributed by atoms with Gasteiger partial charge < -0.3 is 10.1 Å². The molecule has 132 valence electrons. The highest BCUT2D eigenvalue weighted by Crippen LogP contribution is 2.35. The van der Waals surface area contributed by atoms with Crippen LogP contribution >= 0.6 is 0 Å². The van der Waals surface area contributed by atoms with E-state index >= 15 is 0 Å². The van der Waals surface area contributed by atoms with Crippen molar-refractivity contribution in [2.45, 2.75) is 25.3 Å². The molecule has 0 unspecified atom stereocenters. The molecule has 1 N–H and O–H groups in total. The summed E-state index contributed by atoms with van der Waals surface area (Å²) in [4.78, 5) is 12.3. The van der Waals surface area contributed by atoms with Crippen molar-refractivity contribution in [3.63, 3.8) is 0 Å². The molecule has 0 aliphatic carbocycles. The summed E-state index contributed by atoms with van der Waals surface area (Å²) < 4.78 is 7.28. The molecule has 26 heavy (non-hydrogen) atoms. The Morgan fingerprint density at radius 1 is 1.15 bits per heavy atom. The number of hydrogen-bond acceptors (Lipinski definition) is 3. The van der Waals surface area contributed by atoms with Gasteiger partial charge in [0.2, 0.25) is 5.91 Å². The molecule has 0 spiro atoms. The first kappa shape index (κ1) is 16.4. The third kappa shape index (κ3) is 3.20. The van der Waals surface area contributed by atoms with Gasteiger partial charge in [0.25, 0.3) is 0 Å². The van der Waals surface area contributed by atoms with Gasteiger partial charge in [-0.1, -0.05) is 48.5 Å². The molecule has 2 aromatic carbocycles. The number of fused-ring (bicyclic) bond motifs is 1. The summed E-state index contributed by atoms with van der Waals surface area (Å²) in [5, 5.41) is 7.54. The summed E-state index contributed by atoms with van der Waals surface area (Å²) in [6.45, 7) is 0.553. The highest BCUT2D eigenvalue weighted by Gasteiger charge is 2.29. The number of para-hydroxylation sites is 1. The van der Waals surface area contributed by atoms with Crippen LogP contribution in [0, 0.1) is 0 Å². The van der Waals surface area contributed by atoms with E-state index in [1.807, 2.05) is 53.3 Å². The number of hydrogen-bond donors (Lipinski definition) is 1. The Hall–Kier alpha value is -3.08. The summed E-state index contributed by atoms with van der Waals surface area (Å²) in [6.07, 6.45) is 3.21. The van der Waals surface area contributed by atoms with Gasteiger partial charge in [-0.25, -0.2) is 4.68 Å². The second-order valence-corrected chi connectivity index (χ2v) is 6.56. The second-order valence-electron chi connectivity index (χ2n) is 6.56. The number of amides is 1. The van der Waals surface area contributed by atoms with Gasteiger partial charge in [0, 0.05) is 23.5 Å². The molecule has 0 saturated heterocycles. The summed E-state index contributed by atoms with van der Waals surface area (Å²) in [5.41, 5.74) is 3.36.